The molecule has 0 saturated carbocycles. The Morgan fingerprint density at radius 1 is 1.33 bits per heavy atom. The van der Waals surface area contributed by atoms with Crippen molar-refractivity contribution >= 4 is 12.4 Å². The fourth-order valence-electron chi connectivity index (χ4n) is 1.92. The number of nitrogens with two attached hydrogens (primary N) is 1. The zero-order chi connectivity index (χ0) is 14.7. The van der Waals surface area contributed by atoms with Gasteiger partial charge in [-0.2, -0.15) is 0 Å². The van der Waals surface area contributed by atoms with Gasteiger partial charge in [-0.3, -0.25) is 0 Å². The van der Waals surface area contributed by atoms with Gasteiger partial charge in [0.1, 0.15) is 18.2 Å². The molecule has 1 aromatic carbocycles. The Kier molecular flexibility index (Phi) is 6.11. The van der Waals surface area contributed by atoms with Crippen LogP contribution in [-0.2, 0) is 0 Å². The second-order valence-corrected chi connectivity index (χ2v) is 4.65. The highest BCUT2D eigenvalue weighted by atomic mass is 35.5. The van der Waals surface area contributed by atoms with Gasteiger partial charge in [-0.15, -0.1) is 12.4 Å². The highest BCUT2D eigenvalue weighted by molar-refractivity contribution is 5.85. The Bertz CT molecular complexity index is 603. The standard InChI is InChI=1S/C14H16F2N2O2.ClH/c1-8(2)12-13(20-18-14(12)19-6-5-17)10-4-3-9(15)7-11(10)16;/h3-4,7-8H,5-6,17H2,1-2H3;1H. The summed E-state index contributed by atoms with van der Waals surface area (Å²) in [5.41, 5.74) is 6.18. The van der Waals surface area contributed by atoms with Gasteiger partial charge >= 0.3 is 0 Å². The topological polar surface area (TPSA) is 61.3 Å². The third-order valence-electron chi connectivity index (χ3n) is 2.80. The molecule has 0 aliphatic heterocycles. The maximum Gasteiger partial charge on any atom is 0.258 e. The Labute approximate surface area is 127 Å². The molecule has 1 aromatic heterocycles. The Morgan fingerprint density at radius 3 is 2.62 bits per heavy atom. The molecule has 0 spiro atoms. The van der Waals surface area contributed by atoms with Crippen LogP contribution in [0.3, 0.4) is 0 Å². The largest absolute Gasteiger partial charge is 0.474 e. The molecule has 0 unspecified atom stereocenters. The smallest absolute Gasteiger partial charge is 0.258 e. The van der Waals surface area contributed by atoms with Crippen molar-refractivity contribution in [2.75, 3.05) is 13.2 Å². The number of halogens is 3. The quantitative estimate of drug-likeness (QED) is 0.916. The lowest BCUT2D eigenvalue weighted by Crippen LogP contribution is -2.11. The first kappa shape index (κ1) is 17.4. The van der Waals surface area contributed by atoms with Gasteiger partial charge in [0.15, 0.2) is 5.76 Å². The molecular formula is C14H17ClF2N2O2. The summed E-state index contributed by atoms with van der Waals surface area (Å²) in [6.07, 6.45) is 0. The number of hydrogen-bond donors (Lipinski definition) is 1. The van der Waals surface area contributed by atoms with Crippen LogP contribution in [0.15, 0.2) is 22.7 Å². The highest BCUT2D eigenvalue weighted by Crippen LogP contribution is 2.37. The SMILES string of the molecule is CC(C)c1c(OCCN)noc1-c1ccc(F)cc1F.Cl. The van der Waals surface area contributed by atoms with E-state index in [1.165, 1.54) is 12.1 Å². The minimum Gasteiger partial charge on any atom is -0.474 e. The summed E-state index contributed by atoms with van der Waals surface area (Å²) in [5.74, 6) is -0.785. The maximum absolute atomic E-state index is 13.9. The van der Waals surface area contributed by atoms with Crippen LogP contribution in [0.2, 0.25) is 0 Å². The summed E-state index contributed by atoms with van der Waals surface area (Å²) < 4.78 is 37.4. The number of ether oxygens (including phenoxy) is 1. The lowest BCUT2D eigenvalue weighted by atomic mass is 9.99. The second-order valence-electron chi connectivity index (χ2n) is 4.65. The molecule has 0 radical (unpaired) electrons. The number of rotatable bonds is 5. The van der Waals surface area contributed by atoms with E-state index in [-0.39, 0.29) is 36.3 Å². The molecular weight excluding hydrogens is 302 g/mol. The van der Waals surface area contributed by atoms with Gasteiger partial charge in [-0.25, -0.2) is 8.78 Å². The zero-order valence-electron chi connectivity index (χ0n) is 11.7. The lowest BCUT2D eigenvalue weighted by molar-refractivity contribution is 0.286. The van der Waals surface area contributed by atoms with E-state index in [0.29, 0.717) is 18.0 Å². The predicted molar refractivity (Wildman–Crippen MR) is 77.7 cm³/mol. The van der Waals surface area contributed by atoms with Crippen LogP contribution in [0.1, 0.15) is 25.3 Å². The van der Waals surface area contributed by atoms with Crippen molar-refractivity contribution in [1.82, 2.24) is 5.16 Å². The molecule has 2 aromatic rings. The Hall–Kier alpha value is -1.66. The van der Waals surface area contributed by atoms with Gasteiger partial charge in [-0.05, 0) is 23.2 Å². The lowest BCUT2D eigenvalue weighted by Gasteiger charge is -2.08. The zero-order valence-corrected chi connectivity index (χ0v) is 12.5. The third-order valence-corrected chi connectivity index (χ3v) is 2.80. The summed E-state index contributed by atoms with van der Waals surface area (Å²) in [5, 5.41) is 3.80. The average Bonchev–Trinajstić information content (AvgIpc) is 2.80. The molecule has 0 amide bonds. The first-order valence-corrected chi connectivity index (χ1v) is 6.32. The van der Waals surface area contributed by atoms with Gasteiger partial charge in [0, 0.05) is 12.6 Å². The number of hydrogen-bond acceptors (Lipinski definition) is 4. The molecule has 116 valence electrons. The Morgan fingerprint density at radius 2 is 2.05 bits per heavy atom. The molecule has 7 heteroatoms. The van der Waals surface area contributed by atoms with Crippen LogP contribution in [0.4, 0.5) is 8.78 Å². The number of nitrogens with zero attached hydrogens (tertiary/aromatic N) is 1. The van der Waals surface area contributed by atoms with E-state index < -0.39 is 11.6 Å². The molecule has 21 heavy (non-hydrogen) atoms. The van der Waals surface area contributed by atoms with Crippen LogP contribution in [0.25, 0.3) is 11.3 Å². The molecule has 0 aliphatic rings. The van der Waals surface area contributed by atoms with E-state index in [9.17, 15) is 8.78 Å². The first-order chi connectivity index (χ1) is 9.54. The number of benzene rings is 1. The van der Waals surface area contributed by atoms with Crippen molar-refractivity contribution in [2.45, 2.75) is 19.8 Å². The van der Waals surface area contributed by atoms with Crippen molar-refractivity contribution in [1.29, 1.82) is 0 Å². The fourth-order valence-corrected chi connectivity index (χ4v) is 1.92. The van der Waals surface area contributed by atoms with Crippen molar-refractivity contribution in [3.63, 3.8) is 0 Å². The third kappa shape index (κ3) is 3.71. The monoisotopic (exact) mass is 318 g/mol. The highest BCUT2D eigenvalue weighted by Gasteiger charge is 2.23. The summed E-state index contributed by atoms with van der Waals surface area (Å²) in [6, 6.07) is 3.30. The summed E-state index contributed by atoms with van der Waals surface area (Å²) >= 11 is 0. The van der Waals surface area contributed by atoms with Gasteiger partial charge < -0.3 is 15.0 Å². The molecule has 0 bridgehead atoms. The molecule has 4 nitrogen and oxygen atoms in total. The van der Waals surface area contributed by atoms with Crippen molar-refractivity contribution in [2.24, 2.45) is 5.73 Å². The molecule has 0 aliphatic carbocycles. The van der Waals surface area contributed by atoms with Crippen LogP contribution in [-0.4, -0.2) is 18.3 Å². The average molecular weight is 319 g/mol. The predicted octanol–water partition coefficient (Wildman–Crippen LogP) is 3.50. The van der Waals surface area contributed by atoms with E-state index >= 15 is 0 Å². The van der Waals surface area contributed by atoms with E-state index in [1.807, 2.05) is 13.8 Å². The van der Waals surface area contributed by atoms with Crippen LogP contribution in [0.5, 0.6) is 5.88 Å². The minimum atomic E-state index is -0.701. The van der Waals surface area contributed by atoms with E-state index in [2.05, 4.69) is 5.16 Å². The van der Waals surface area contributed by atoms with E-state index in [0.717, 1.165) is 6.07 Å². The van der Waals surface area contributed by atoms with Crippen molar-refractivity contribution in [3.05, 3.63) is 35.4 Å². The van der Waals surface area contributed by atoms with Crippen molar-refractivity contribution < 1.29 is 18.0 Å². The summed E-state index contributed by atoms with van der Waals surface area (Å²) in [6.45, 7) is 4.45. The van der Waals surface area contributed by atoms with Gasteiger partial charge in [-0.1, -0.05) is 13.8 Å². The minimum absolute atomic E-state index is 0. The van der Waals surface area contributed by atoms with Gasteiger partial charge in [0.2, 0.25) is 0 Å². The Balaban J connectivity index is 0.00000220. The summed E-state index contributed by atoms with van der Waals surface area (Å²) in [7, 11) is 0. The van der Waals surface area contributed by atoms with Gasteiger partial charge in [0.05, 0.1) is 11.1 Å². The van der Waals surface area contributed by atoms with Crippen molar-refractivity contribution in [3.8, 4) is 17.2 Å². The number of aromatic nitrogens is 1. The van der Waals surface area contributed by atoms with Crippen LogP contribution >= 0.6 is 12.4 Å². The van der Waals surface area contributed by atoms with Crippen LogP contribution in [0, 0.1) is 11.6 Å². The maximum atomic E-state index is 13.9. The normalized spacial score (nSPS) is 10.6. The molecule has 2 N–H and O–H groups in total. The molecule has 0 fully saturated rings. The summed E-state index contributed by atoms with van der Waals surface area (Å²) in [4.78, 5) is 0. The van der Waals surface area contributed by atoms with Gasteiger partial charge in [0.25, 0.3) is 5.88 Å². The molecule has 0 saturated heterocycles. The molecule has 0 atom stereocenters. The van der Waals surface area contributed by atoms with E-state index in [4.69, 9.17) is 15.0 Å². The first-order valence-electron chi connectivity index (χ1n) is 6.32. The van der Waals surface area contributed by atoms with Crippen LogP contribution < -0.4 is 10.5 Å². The fraction of sp³-hybridized carbons (Fsp3) is 0.357. The molecule has 1 heterocycles. The molecule has 2 rings (SSSR count). The van der Waals surface area contributed by atoms with E-state index in [1.54, 1.807) is 0 Å². The second kappa shape index (κ2) is 7.38.